The second-order valence-electron chi connectivity index (χ2n) is 11.8. The Bertz CT molecular complexity index is 1260. The second kappa shape index (κ2) is 12.0. The number of nitrogens with zero attached hydrogens (tertiary/aromatic N) is 5. The zero-order valence-corrected chi connectivity index (χ0v) is 23.4. The van der Waals surface area contributed by atoms with Crippen molar-refractivity contribution >= 4 is 22.9 Å². The van der Waals surface area contributed by atoms with Gasteiger partial charge in [0, 0.05) is 26.2 Å². The number of imidazole rings is 1. The molecule has 0 aliphatic carbocycles. The lowest BCUT2D eigenvalue weighted by atomic mass is 9.86. The summed E-state index contributed by atoms with van der Waals surface area (Å²) in [6.07, 6.45) is -0.658. The van der Waals surface area contributed by atoms with Crippen molar-refractivity contribution in [1.82, 2.24) is 29.7 Å². The van der Waals surface area contributed by atoms with Crippen LogP contribution >= 0.6 is 0 Å². The number of amides is 1. The van der Waals surface area contributed by atoms with Crippen LogP contribution in [0.25, 0.3) is 11.2 Å². The Morgan fingerprint density at radius 3 is 2.54 bits per heavy atom. The summed E-state index contributed by atoms with van der Waals surface area (Å²) in [6, 6.07) is 8.18. The van der Waals surface area contributed by atoms with Crippen LogP contribution < -0.4 is 11.1 Å². The van der Waals surface area contributed by atoms with Crippen molar-refractivity contribution in [3.8, 4) is 0 Å². The molecule has 0 unspecified atom stereocenters. The predicted octanol–water partition coefficient (Wildman–Crippen LogP) is 1.64. The van der Waals surface area contributed by atoms with Crippen LogP contribution in [0.4, 0.5) is 5.82 Å². The van der Waals surface area contributed by atoms with Crippen molar-refractivity contribution in [2.45, 2.75) is 71.0 Å². The molecule has 0 bridgehead atoms. The molecule has 39 heavy (non-hydrogen) atoms. The van der Waals surface area contributed by atoms with E-state index in [1.165, 1.54) is 18.2 Å². The molecule has 1 aromatic carbocycles. The molecule has 1 saturated heterocycles. The fraction of sp³-hybridized carbons (Fsp3) is 0.571. The van der Waals surface area contributed by atoms with Gasteiger partial charge in [-0.3, -0.25) is 14.3 Å². The number of rotatable bonds is 10. The molecule has 1 amide bonds. The van der Waals surface area contributed by atoms with Crippen LogP contribution in [0.15, 0.2) is 36.9 Å². The SMILES string of the molecule is CC(C)CN(CCNC(=O)Cc1ccc(C(C)(C)C)cc1)C[C@H]1O[C@@H](n2cnc3c(N)ncnc32)[C@H](O)[C@@H]1O. The number of anilines is 1. The van der Waals surface area contributed by atoms with Crippen molar-refractivity contribution in [3.05, 3.63) is 48.0 Å². The monoisotopic (exact) mass is 539 g/mol. The highest BCUT2D eigenvalue weighted by Crippen LogP contribution is 2.32. The normalized spacial score (nSPS) is 21.8. The number of ether oxygens (including phenoxy) is 1. The Balaban J connectivity index is 1.33. The van der Waals surface area contributed by atoms with E-state index in [2.05, 4.69) is 71.9 Å². The zero-order valence-electron chi connectivity index (χ0n) is 23.4. The molecule has 1 aliphatic rings. The van der Waals surface area contributed by atoms with Gasteiger partial charge in [-0.25, -0.2) is 15.0 Å². The van der Waals surface area contributed by atoms with Gasteiger partial charge in [-0.05, 0) is 22.5 Å². The van der Waals surface area contributed by atoms with Crippen molar-refractivity contribution in [2.75, 3.05) is 31.9 Å². The topological polar surface area (TPSA) is 152 Å². The van der Waals surface area contributed by atoms with E-state index in [9.17, 15) is 15.0 Å². The van der Waals surface area contributed by atoms with Crippen molar-refractivity contribution in [3.63, 3.8) is 0 Å². The quantitative estimate of drug-likeness (QED) is 0.301. The molecule has 0 spiro atoms. The van der Waals surface area contributed by atoms with Gasteiger partial charge in [0.25, 0.3) is 0 Å². The Kier molecular flexibility index (Phi) is 8.85. The molecule has 0 saturated carbocycles. The van der Waals surface area contributed by atoms with E-state index in [4.69, 9.17) is 10.5 Å². The minimum Gasteiger partial charge on any atom is -0.387 e. The van der Waals surface area contributed by atoms with E-state index in [1.54, 1.807) is 4.57 Å². The molecule has 1 aliphatic heterocycles. The minimum atomic E-state index is -1.17. The first-order chi connectivity index (χ1) is 18.4. The average Bonchev–Trinajstić information content (AvgIpc) is 3.41. The van der Waals surface area contributed by atoms with Crippen molar-refractivity contribution < 1.29 is 19.7 Å². The number of nitrogens with two attached hydrogens (primary N) is 1. The van der Waals surface area contributed by atoms with Gasteiger partial charge in [-0.15, -0.1) is 0 Å². The summed E-state index contributed by atoms with van der Waals surface area (Å²) in [6.45, 7) is 12.9. The lowest BCUT2D eigenvalue weighted by Gasteiger charge is -2.28. The lowest BCUT2D eigenvalue weighted by molar-refractivity contribution is -0.120. The number of hydrogen-bond donors (Lipinski definition) is 4. The van der Waals surface area contributed by atoms with Crippen LogP contribution in [0.3, 0.4) is 0 Å². The van der Waals surface area contributed by atoms with Crippen LogP contribution in [-0.2, 0) is 21.4 Å². The fourth-order valence-electron chi connectivity index (χ4n) is 4.92. The third-order valence-corrected chi connectivity index (χ3v) is 6.99. The van der Waals surface area contributed by atoms with Crippen LogP contribution in [0.1, 0.15) is 52.0 Å². The molecule has 3 aromatic rings. The van der Waals surface area contributed by atoms with Gasteiger partial charge in [0.2, 0.25) is 5.91 Å². The van der Waals surface area contributed by atoms with Gasteiger partial charge < -0.3 is 26.0 Å². The summed E-state index contributed by atoms with van der Waals surface area (Å²) in [5.74, 6) is 0.554. The molecular formula is C28H41N7O4. The smallest absolute Gasteiger partial charge is 0.224 e. The number of aliphatic hydroxyl groups is 2. The van der Waals surface area contributed by atoms with Crippen molar-refractivity contribution in [2.24, 2.45) is 5.92 Å². The standard InChI is InChI=1S/C28H41N7O4/c1-17(2)13-34(11-10-30-21(36)12-18-6-8-19(9-7-18)28(3,4)5)14-20-23(37)24(38)27(39-20)35-16-33-22-25(29)31-15-32-26(22)35/h6-9,15-17,20,23-24,27,37-38H,10-14H2,1-5H3,(H,30,36)(H2,29,31,32)/t20-,23-,24-,27-/m1/s1. The summed E-state index contributed by atoms with van der Waals surface area (Å²) >= 11 is 0. The highest BCUT2D eigenvalue weighted by Gasteiger charge is 2.44. The van der Waals surface area contributed by atoms with Crippen molar-refractivity contribution in [1.29, 1.82) is 0 Å². The van der Waals surface area contributed by atoms with Crippen LogP contribution in [0.5, 0.6) is 0 Å². The Morgan fingerprint density at radius 2 is 1.87 bits per heavy atom. The van der Waals surface area contributed by atoms with Gasteiger partial charge in [-0.1, -0.05) is 58.9 Å². The van der Waals surface area contributed by atoms with Gasteiger partial charge in [0.15, 0.2) is 17.7 Å². The highest BCUT2D eigenvalue weighted by molar-refractivity contribution is 5.81. The largest absolute Gasteiger partial charge is 0.387 e. The van der Waals surface area contributed by atoms with Crippen LogP contribution in [-0.4, -0.2) is 85.0 Å². The molecular weight excluding hydrogens is 498 g/mol. The van der Waals surface area contributed by atoms with Gasteiger partial charge in [0.05, 0.1) is 12.7 Å². The van der Waals surface area contributed by atoms with Gasteiger partial charge >= 0.3 is 0 Å². The van der Waals surface area contributed by atoms with E-state index in [0.29, 0.717) is 43.1 Å². The first-order valence-electron chi connectivity index (χ1n) is 13.5. The maximum atomic E-state index is 12.6. The number of benzene rings is 1. The molecule has 1 fully saturated rings. The van der Waals surface area contributed by atoms with E-state index >= 15 is 0 Å². The van der Waals surface area contributed by atoms with Crippen LogP contribution in [0.2, 0.25) is 0 Å². The third-order valence-electron chi connectivity index (χ3n) is 6.99. The predicted molar refractivity (Wildman–Crippen MR) is 149 cm³/mol. The van der Waals surface area contributed by atoms with E-state index in [-0.39, 0.29) is 17.1 Å². The maximum absolute atomic E-state index is 12.6. The Morgan fingerprint density at radius 1 is 1.15 bits per heavy atom. The summed E-state index contributed by atoms with van der Waals surface area (Å²) < 4.78 is 7.69. The molecule has 4 atom stereocenters. The molecule has 2 aromatic heterocycles. The maximum Gasteiger partial charge on any atom is 0.224 e. The van der Waals surface area contributed by atoms with E-state index < -0.39 is 24.5 Å². The lowest BCUT2D eigenvalue weighted by Crippen LogP contribution is -2.44. The highest BCUT2D eigenvalue weighted by atomic mass is 16.6. The molecule has 4 rings (SSSR count). The molecule has 212 valence electrons. The number of hydrogen-bond acceptors (Lipinski definition) is 9. The summed E-state index contributed by atoms with van der Waals surface area (Å²) in [7, 11) is 0. The molecule has 3 heterocycles. The summed E-state index contributed by atoms with van der Waals surface area (Å²) in [4.78, 5) is 27.1. The van der Waals surface area contributed by atoms with Gasteiger partial charge in [0.1, 0.15) is 30.2 Å². The van der Waals surface area contributed by atoms with Gasteiger partial charge in [-0.2, -0.15) is 0 Å². The Hall–Kier alpha value is -3.12. The number of aliphatic hydroxyl groups excluding tert-OH is 2. The number of aromatic nitrogens is 4. The summed E-state index contributed by atoms with van der Waals surface area (Å²) in [5, 5.41) is 24.6. The minimum absolute atomic E-state index is 0.0381. The molecule has 11 nitrogen and oxygen atoms in total. The first kappa shape index (κ1) is 28.9. The number of carbonyl (C=O) groups is 1. The van der Waals surface area contributed by atoms with E-state index in [1.807, 2.05) is 12.1 Å². The number of nitrogens with one attached hydrogen (secondary N) is 1. The molecule has 11 heteroatoms. The number of carbonyl (C=O) groups excluding carboxylic acids is 1. The number of nitrogen functional groups attached to an aromatic ring is 1. The summed E-state index contributed by atoms with van der Waals surface area (Å²) in [5.41, 5.74) is 9.00. The third kappa shape index (κ3) is 6.91. The molecule has 5 N–H and O–H groups in total. The van der Waals surface area contributed by atoms with E-state index in [0.717, 1.165) is 12.1 Å². The Labute approximate surface area is 229 Å². The average molecular weight is 540 g/mol. The zero-order chi connectivity index (χ0) is 28.3. The number of fused-ring (bicyclic) bond motifs is 1. The molecule has 0 radical (unpaired) electrons. The fourth-order valence-corrected chi connectivity index (χ4v) is 4.92. The second-order valence-corrected chi connectivity index (χ2v) is 11.8. The van der Waals surface area contributed by atoms with Crippen LogP contribution in [0, 0.1) is 5.92 Å². The first-order valence-corrected chi connectivity index (χ1v) is 13.5.